The molecule has 2 saturated heterocycles. The lowest BCUT2D eigenvalue weighted by Crippen LogP contribution is -2.37. The molecule has 22 heavy (non-hydrogen) atoms. The minimum atomic E-state index is -0.291. The number of halogens is 1. The van der Waals surface area contributed by atoms with Gasteiger partial charge in [-0.05, 0) is 40.9 Å². The third-order valence-electron chi connectivity index (χ3n) is 4.17. The van der Waals surface area contributed by atoms with Crippen LogP contribution < -0.4 is 10.2 Å². The summed E-state index contributed by atoms with van der Waals surface area (Å²) in [4.78, 5) is 26.1. The Balaban J connectivity index is 1.59. The number of ether oxygens (including phenoxy) is 1. The maximum absolute atomic E-state index is 12.3. The lowest BCUT2D eigenvalue weighted by molar-refractivity contribution is -0.126. The number of rotatable bonds is 4. The molecule has 6 heteroatoms. The Morgan fingerprint density at radius 3 is 2.95 bits per heavy atom. The van der Waals surface area contributed by atoms with E-state index in [-0.39, 0.29) is 30.3 Å². The third kappa shape index (κ3) is 3.33. The first-order chi connectivity index (χ1) is 10.6. The predicted octanol–water partition coefficient (Wildman–Crippen LogP) is 2.10. The zero-order chi connectivity index (χ0) is 15.5. The molecule has 3 rings (SSSR count). The largest absolute Gasteiger partial charge is 0.376 e. The molecule has 2 aliphatic rings. The molecule has 0 bridgehead atoms. The van der Waals surface area contributed by atoms with Crippen LogP contribution >= 0.6 is 15.9 Å². The number of carbonyl (C=O) groups excluding carboxylic acids is 2. The predicted molar refractivity (Wildman–Crippen MR) is 86.6 cm³/mol. The number of hydrogen-bond donors (Lipinski definition) is 1. The Labute approximate surface area is 138 Å². The molecule has 2 atom stereocenters. The molecule has 0 aliphatic carbocycles. The van der Waals surface area contributed by atoms with Gasteiger partial charge in [-0.1, -0.05) is 12.1 Å². The van der Waals surface area contributed by atoms with Gasteiger partial charge in [0.05, 0.1) is 17.7 Å². The second-order valence-corrected chi connectivity index (χ2v) is 6.59. The number of anilines is 1. The van der Waals surface area contributed by atoms with Crippen LogP contribution in [0.3, 0.4) is 0 Å². The van der Waals surface area contributed by atoms with Crippen molar-refractivity contribution in [2.75, 3.05) is 24.6 Å². The molecule has 1 aromatic carbocycles. The number of amides is 2. The molecule has 0 radical (unpaired) electrons. The Kier molecular flexibility index (Phi) is 4.78. The van der Waals surface area contributed by atoms with Gasteiger partial charge in [-0.15, -0.1) is 0 Å². The minimum Gasteiger partial charge on any atom is -0.376 e. The van der Waals surface area contributed by atoms with Crippen molar-refractivity contribution in [2.45, 2.75) is 25.4 Å². The average molecular weight is 367 g/mol. The van der Waals surface area contributed by atoms with Gasteiger partial charge in [0.2, 0.25) is 11.8 Å². The van der Waals surface area contributed by atoms with E-state index in [0.717, 1.165) is 29.6 Å². The van der Waals surface area contributed by atoms with E-state index in [0.29, 0.717) is 13.1 Å². The van der Waals surface area contributed by atoms with E-state index >= 15 is 0 Å². The van der Waals surface area contributed by atoms with Crippen molar-refractivity contribution in [3.63, 3.8) is 0 Å². The lowest BCUT2D eigenvalue weighted by atomic mass is 10.1. The van der Waals surface area contributed by atoms with Crippen LogP contribution in [0.4, 0.5) is 5.69 Å². The van der Waals surface area contributed by atoms with Crippen LogP contribution in [-0.2, 0) is 14.3 Å². The van der Waals surface area contributed by atoms with Crippen LogP contribution in [0.2, 0.25) is 0 Å². The molecule has 0 saturated carbocycles. The molecule has 1 N–H and O–H groups in total. The maximum Gasteiger partial charge on any atom is 0.227 e. The van der Waals surface area contributed by atoms with Gasteiger partial charge in [-0.25, -0.2) is 0 Å². The SMILES string of the molecule is O=C(NC[C@@H]1CCCO1)[C@@H]1CC(=O)N(c2ccccc2Br)C1. The number of carbonyl (C=O) groups is 2. The Bertz CT molecular complexity index is 572. The summed E-state index contributed by atoms with van der Waals surface area (Å²) in [5, 5.41) is 2.92. The van der Waals surface area contributed by atoms with Gasteiger partial charge in [-0.3, -0.25) is 9.59 Å². The number of nitrogens with one attached hydrogen (secondary N) is 1. The highest BCUT2D eigenvalue weighted by atomic mass is 79.9. The van der Waals surface area contributed by atoms with Crippen molar-refractivity contribution in [3.8, 4) is 0 Å². The van der Waals surface area contributed by atoms with E-state index in [2.05, 4.69) is 21.2 Å². The number of para-hydroxylation sites is 1. The number of benzene rings is 1. The summed E-state index contributed by atoms with van der Waals surface area (Å²) in [6, 6.07) is 7.57. The highest BCUT2D eigenvalue weighted by Gasteiger charge is 2.35. The summed E-state index contributed by atoms with van der Waals surface area (Å²) in [5.74, 6) is -0.358. The Hall–Kier alpha value is -1.40. The molecule has 5 nitrogen and oxygen atoms in total. The second-order valence-electron chi connectivity index (χ2n) is 5.74. The molecule has 118 valence electrons. The lowest BCUT2D eigenvalue weighted by Gasteiger charge is -2.18. The van der Waals surface area contributed by atoms with Crippen molar-refractivity contribution in [2.24, 2.45) is 5.92 Å². The quantitative estimate of drug-likeness (QED) is 0.887. The maximum atomic E-state index is 12.3. The summed E-state index contributed by atoms with van der Waals surface area (Å²) in [5.41, 5.74) is 0.821. The summed E-state index contributed by atoms with van der Waals surface area (Å²) in [6.07, 6.45) is 2.43. The van der Waals surface area contributed by atoms with E-state index in [1.165, 1.54) is 0 Å². The summed E-state index contributed by atoms with van der Waals surface area (Å²) >= 11 is 3.46. The fraction of sp³-hybridized carbons (Fsp3) is 0.500. The molecule has 0 spiro atoms. The summed E-state index contributed by atoms with van der Waals surface area (Å²) in [7, 11) is 0. The van der Waals surface area contributed by atoms with E-state index in [9.17, 15) is 9.59 Å². The molecule has 2 aliphatic heterocycles. The Morgan fingerprint density at radius 2 is 2.23 bits per heavy atom. The highest BCUT2D eigenvalue weighted by molar-refractivity contribution is 9.10. The van der Waals surface area contributed by atoms with Gasteiger partial charge in [0.15, 0.2) is 0 Å². The fourth-order valence-electron chi connectivity index (χ4n) is 2.95. The molecule has 0 unspecified atom stereocenters. The minimum absolute atomic E-state index is 0.0100. The van der Waals surface area contributed by atoms with Gasteiger partial charge in [0.25, 0.3) is 0 Å². The molecule has 1 aromatic rings. The number of hydrogen-bond acceptors (Lipinski definition) is 3. The summed E-state index contributed by atoms with van der Waals surface area (Å²) in [6.45, 7) is 1.75. The normalized spacial score (nSPS) is 24.8. The van der Waals surface area contributed by atoms with Crippen LogP contribution in [-0.4, -0.2) is 37.6 Å². The molecule has 2 fully saturated rings. The number of nitrogens with zero attached hydrogens (tertiary/aromatic N) is 1. The Morgan fingerprint density at radius 1 is 1.41 bits per heavy atom. The zero-order valence-corrected chi connectivity index (χ0v) is 13.8. The van der Waals surface area contributed by atoms with Crippen LogP contribution in [0.5, 0.6) is 0 Å². The summed E-state index contributed by atoms with van der Waals surface area (Å²) < 4.78 is 6.36. The van der Waals surface area contributed by atoms with Crippen molar-refractivity contribution in [1.82, 2.24) is 5.32 Å². The van der Waals surface area contributed by atoms with E-state index in [1.54, 1.807) is 4.90 Å². The zero-order valence-electron chi connectivity index (χ0n) is 12.3. The molecule has 0 aromatic heterocycles. The molecular formula is C16H19BrN2O3. The average Bonchev–Trinajstić information content (AvgIpc) is 3.15. The molecule has 2 amide bonds. The van der Waals surface area contributed by atoms with Crippen molar-refractivity contribution >= 4 is 33.4 Å². The van der Waals surface area contributed by atoms with E-state index < -0.39 is 0 Å². The van der Waals surface area contributed by atoms with Gasteiger partial charge >= 0.3 is 0 Å². The van der Waals surface area contributed by atoms with E-state index in [4.69, 9.17) is 4.74 Å². The second kappa shape index (κ2) is 6.79. The molecular weight excluding hydrogens is 348 g/mol. The smallest absolute Gasteiger partial charge is 0.227 e. The standard InChI is InChI=1S/C16H19BrN2O3/c17-13-5-1-2-6-14(13)19-10-11(8-15(19)20)16(21)18-9-12-4-3-7-22-12/h1-2,5-6,11-12H,3-4,7-10H2,(H,18,21)/t11-,12+/m1/s1. The fourth-order valence-corrected chi connectivity index (χ4v) is 3.45. The first-order valence-electron chi connectivity index (χ1n) is 7.59. The van der Waals surface area contributed by atoms with Crippen molar-refractivity contribution in [3.05, 3.63) is 28.7 Å². The first-order valence-corrected chi connectivity index (χ1v) is 8.38. The monoisotopic (exact) mass is 366 g/mol. The van der Waals surface area contributed by atoms with Crippen LogP contribution in [0.15, 0.2) is 28.7 Å². The topological polar surface area (TPSA) is 58.6 Å². The molecule has 2 heterocycles. The van der Waals surface area contributed by atoms with Crippen LogP contribution in [0.1, 0.15) is 19.3 Å². The van der Waals surface area contributed by atoms with Gasteiger partial charge in [0, 0.05) is 30.6 Å². The van der Waals surface area contributed by atoms with Crippen molar-refractivity contribution < 1.29 is 14.3 Å². The van der Waals surface area contributed by atoms with Gasteiger partial charge < -0.3 is 15.0 Å². The first kappa shape index (κ1) is 15.5. The van der Waals surface area contributed by atoms with Crippen molar-refractivity contribution in [1.29, 1.82) is 0 Å². The highest BCUT2D eigenvalue weighted by Crippen LogP contribution is 2.31. The van der Waals surface area contributed by atoms with Gasteiger partial charge in [0.1, 0.15) is 0 Å². The van der Waals surface area contributed by atoms with Crippen LogP contribution in [0, 0.1) is 5.92 Å². The van der Waals surface area contributed by atoms with Gasteiger partial charge in [-0.2, -0.15) is 0 Å². The van der Waals surface area contributed by atoms with E-state index in [1.807, 2.05) is 24.3 Å². The third-order valence-corrected chi connectivity index (χ3v) is 4.84. The van der Waals surface area contributed by atoms with Crippen LogP contribution in [0.25, 0.3) is 0 Å².